The first-order valence-corrected chi connectivity index (χ1v) is 9.80. The maximum atomic E-state index is 12.5. The number of ether oxygens (including phenoxy) is 1. The van der Waals surface area contributed by atoms with Crippen LogP contribution < -0.4 is 15.4 Å². The van der Waals surface area contributed by atoms with Gasteiger partial charge in [0, 0.05) is 6.54 Å². The molecular formula is C22H25N5O2. The van der Waals surface area contributed by atoms with Crippen LogP contribution >= 0.6 is 0 Å². The number of methoxy groups -OCH3 is 1. The Labute approximate surface area is 170 Å². The number of carbonyl (C=O) groups is 1. The lowest BCUT2D eigenvalue weighted by Gasteiger charge is -2.19. The van der Waals surface area contributed by atoms with Crippen LogP contribution in [0.25, 0.3) is 0 Å². The molecule has 1 unspecified atom stereocenters. The van der Waals surface area contributed by atoms with Crippen LogP contribution in [0.2, 0.25) is 0 Å². The van der Waals surface area contributed by atoms with Gasteiger partial charge in [-0.3, -0.25) is 0 Å². The summed E-state index contributed by atoms with van der Waals surface area (Å²) >= 11 is 0. The fourth-order valence-corrected chi connectivity index (χ4v) is 3.35. The van der Waals surface area contributed by atoms with Crippen molar-refractivity contribution in [2.45, 2.75) is 32.0 Å². The molecule has 0 spiro atoms. The van der Waals surface area contributed by atoms with Crippen molar-refractivity contribution < 1.29 is 9.53 Å². The first-order chi connectivity index (χ1) is 14.2. The van der Waals surface area contributed by atoms with Crippen LogP contribution in [0.4, 0.5) is 4.79 Å². The summed E-state index contributed by atoms with van der Waals surface area (Å²) in [5, 5.41) is 10.2. The number of rotatable bonds is 8. The Morgan fingerprint density at radius 2 is 1.86 bits per heavy atom. The van der Waals surface area contributed by atoms with Crippen LogP contribution in [0.3, 0.4) is 0 Å². The van der Waals surface area contributed by atoms with Gasteiger partial charge in [0.05, 0.1) is 19.7 Å². The van der Waals surface area contributed by atoms with Gasteiger partial charge in [0.2, 0.25) is 0 Å². The van der Waals surface area contributed by atoms with Gasteiger partial charge in [0.1, 0.15) is 18.4 Å². The molecule has 1 aliphatic carbocycles. The number of amides is 2. The third-order valence-electron chi connectivity index (χ3n) is 5.14. The first kappa shape index (κ1) is 19.0. The quantitative estimate of drug-likeness (QED) is 0.617. The lowest BCUT2D eigenvalue weighted by Crippen LogP contribution is -2.38. The molecule has 2 aromatic carbocycles. The van der Waals surface area contributed by atoms with Crippen molar-refractivity contribution in [3.63, 3.8) is 0 Å². The normalized spacial score (nSPS) is 14.2. The van der Waals surface area contributed by atoms with E-state index in [4.69, 9.17) is 4.74 Å². The molecule has 0 saturated heterocycles. The van der Waals surface area contributed by atoms with Gasteiger partial charge in [-0.2, -0.15) is 5.10 Å². The highest BCUT2D eigenvalue weighted by Crippen LogP contribution is 2.41. The van der Waals surface area contributed by atoms with E-state index in [1.807, 2.05) is 48.5 Å². The van der Waals surface area contributed by atoms with Crippen LogP contribution in [-0.2, 0) is 13.1 Å². The zero-order valence-corrected chi connectivity index (χ0v) is 16.4. The molecular weight excluding hydrogens is 366 g/mol. The van der Waals surface area contributed by atoms with Crippen molar-refractivity contribution in [2.24, 2.45) is 5.92 Å². The molecule has 0 aliphatic heterocycles. The number of urea groups is 1. The summed E-state index contributed by atoms with van der Waals surface area (Å²) in [6.45, 7) is 1.16. The minimum absolute atomic E-state index is 0.0333. The van der Waals surface area contributed by atoms with E-state index in [1.165, 1.54) is 6.33 Å². The fourth-order valence-electron chi connectivity index (χ4n) is 3.35. The predicted molar refractivity (Wildman–Crippen MR) is 109 cm³/mol. The van der Waals surface area contributed by atoms with E-state index in [0.717, 1.165) is 35.3 Å². The summed E-state index contributed by atoms with van der Waals surface area (Å²) in [5.41, 5.74) is 3.30. The van der Waals surface area contributed by atoms with Crippen molar-refractivity contribution in [2.75, 3.05) is 7.11 Å². The van der Waals surface area contributed by atoms with Gasteiger partial charge in [-0.25, -0.2) is 14.5 Å². The number of nitrogens with zero attached hydrogens (tertiary/aromatic N) is 3. The van der Waals surface area contributed by atoms with Gasteiger partial charge >= 0.3 is 6.03 Å². The Morgan fingerprint density at radius 1 is 1.14 bits per heavy atom. The first-order valence-electron chi connectivity index (χ1n) is 9.80. The topological polar surface area (TPSA) is 81.1 Å². The smallest absolute Gasteiger partial charge is 0.315 e. The van der Waals surface area contributed by atoms with E-state index >= 15 is 0 Å². The molecule has 7 heteroatoms. The number of aromatic nitrogens is 3. The molecule has 1 aliphatic rings. The van der Waals surface area contributed by atoms with E-state index in [0.29, 0.717) is 19.0 Å². The summed E-state index contributed by atoms with van der Waals surface area (Å²) in [4.78, 5) is 16.4. The molecule has 29 heavy (non-hydrogen) atoms. The summed E-state index contributed by atoms with van der Waals surface area (Å²) in [6, 6.07) is 15.9. The molecule has 7 nitrogen and oxygen atoms in total. The fraction of sp³-hybridized carbons (Fsp3) is 0.318. The molecule has 1 fully saturated rings. The minimum Gasteiger partial charge on any atom is -0.497 e. The Hall–Kier alpha value is -3.35. The van der Waals surface area contributed by atoms with Gasteiger partial charge in [-0.05, 0) is 47.6 Å². The van der Waals surface area contributed by atoms with Gasteiger partial charge in [-0.1, -0.05) is 36.4 Å². The third kappa shape index (κ3) is 5.13. The van der Waals surface area contributed by atoms with Crippen LogP contribution in [0.1, 0.15) is 35.6 Å². The summed E-state index contributed by atoms with van der Waals surface area (Å²) in [7, 11) is 1.65. The maximum Gasteiger partial charge on any atom is 0.315 e. The van der Waals surface area contributed by atoms with Crippen molar-refractivity contribution in [1.82, 2.24) is 25.4 Å². The van der Waals surface area contributed by atoms with Crippen LogP contribution in [-0.4, -0.2) is 27.9 Å². The molecule has 1 aromatic heterocycles. The molecule has 1 atom stereocenters. The SMILES string of the molecule is COc1ccc(C(NC(=O)NCc2ccc(Cn3cncn3)cc2)C2CC2)cc1. The monoisotopic (exact) mass is 391 g/mol. The van der Waals surface area contributed by atoms with Crippen LogP contribution in [0, 0.1) is 5.92 Å². The summed E-state index contributed by atoms with van der Waals surface area (Å²) < 4.78 is 7.00. The summed E-state index contributed by atoms with van der Waals surface area (Å²) in [5.74, 6) is 1.32. The van der Waals surface area contributed by atoms with E-state index in [1.54, 1.807) is 18.1 Å². The largest absolute Gasteiger partial charge is 0.497 e. The van der Waals surface area contributed by atoms with E-state index in [2.05, 4.69) is 20.7 Å². The molecule has 3 aromatic rings. The molecule has 2 N–H and O–H groups in total. The van der Waals surface area contributed by atoms with Crippen LogP contribution in [0.15, 0.2) is 61.2 Å². The Kier molecular flexibility index (Phi) is 5.74. The molecule has 2 amide bonds. The van der Waals surface area contributed by atoms with E-state index in [-0.39, 0.29) is 12.1 Å². The highest BCUT2D eigenvalue weighted by atomic mass is 16.5. The van der Waals surface area contributed by atoms with Gasteiger partial charge in [0.25, 0.3) is 0 Å². The Bertz CT molecular complexity index is 919. The highest BCUT2D eigenvalue weighted by molar-refractivity contribution is 5.74. The van der Waals surface area contributed by atoms with E-state index < -0.39 is 0 Å². The lowest BCUT2D eigenvalue weighted by atomic mass is 10.0. The minimum atomic E-state index is -0.149. The third-order valence-corrected chi connectivity index (χ3v) is 5.14. The van der Waals surface area contributed by atoms with Crippen molar-refractivity contribution >= 4 is 6.03 Å². The van der Waals surface area contributed by atoms with Crippen molar-refractivity contribution in [1.29, 1.82) is 0 Å². The van der Waals surface area contributed by atoms with E-state index in [9.17, 15) is 4.79 Å². The average molecular weight is 391 g/mol. The van der Waals surface area contributed by atoms with Gasteiger partial charge < -0.3 is 15.4 Å². The predicted octanol–water partition coefficient (Wildman–Crippen LogP) is 3.29. The molecule has 1 saturated carbocycles. The average Bonchev–Trinajstić information content (AvgIpc) is 3.47. The zero-order valence-electron chi connectivity index (χ0n) is 16.4. The number of hydrogen-bond acceptors (Lipinski definition) is 4. The number of carbonyl (C=O) groups excluding carboxylic acids is 1. The van der Waals surface area contributed by atoms with Crippen molar-refractivity contribution in [3.8, 4) is 5.75 Å². The second-order valence-electron chi connectivity index (χ2n) is 7.32. The second-order valence-corrected chi connectivity index (χ2v) is 7.32. The van der Waals surface area contributed by atoms with Crippen LogP contribution in [0.5, 0.6) is 5.75 Å². The number of benzene rings is 2. The molecule has 4 rings (SSSR count). The van der Waals surface area contributed by atoms with Gasteiger partial charge in [0.15, 0.2) is 0 Å². The molecule has 0 bridgehead atoms. The maximum absolute atomic E-state index is 12.5. The Balaban J connectivity index is 1.30. The zero-order chi connectivity index (χ0) is 20.1. The molecule has 150 valence electrons. The second kappa shape index (κ2) is 8.77. The molecule has 1 heterocycles. The number of nitrogens with one attached hydrogen (secondary N) is 2. The highest BCUT2D eigenvalue weighted by Gasteiger charge is 2.33. The number of hydrogen-bond donors (Lipinski definition) is 2. The molecule has 0 radical (unpaired) electrons. The lowest BCUT2D eigenvalue weighted by molar-refractivity contribution is 0.235. The van der Waals surface area contributed by atoms with Gasteiger partial charge in [-0.15, -0.1) is 0 Å². The summed E-state index contributed by atoms with van der Waals surface area (Å²) in [6.07, 6.45) is 5.51. The Morgan fingerprint density at radius 3 is 2.48 bits per heavy atom. The van der Waals surface area contributed by atoms with Crippen molar-refractivity contribution in [3.05, 3.63) is 77.9 Å². The standard InChI is InChI=1S/C22H25N5O2/c1-29-20-10-8-19(9-11-20)21(18-6-7-18)26-22(28)24-12-16-2-4-17(5-3-16)13-27-15-23-14-25-27/h2-5,8-11,14-15,18,21H,6-7,12-13H2,1H3,(H2,24,26,28).